The van der Waals surface area contributed by atoms with Gasteiger partial charge in [-0.05, 0) is 19.3 Å². The van der Waals surface area contributed by atoms with Gasteiger partial charge in [0, 0.05) is 20.8 Å². The third-order valence-corrected chi connectivity index (χ3v) is 3.58. The summed E-state index contributed by atoms with van der Waals surface area (Å²) in [7, 11) is 2.85. The Kier molecular flexibility index (Phi) is 7.23. The number of aliphatic hydroxyl groups is 4. The first kappa shape index (κ1) is 16.8. The lowest BCUT2D eigenvalue weighted by atomic mass is 9.83. The van der Waals surface area contributed by atoms with E-state index >= 15 is 0 Å². The smallest absolute Gasteiger partial charge is 0.414 e. The summed E-state index contributed by atoms with van der Waals surface area (Å²) in [5.41, 5.74) is 0. The van der Waals surface area contributed by atoms with Gasteiger partial charge in [-0.15, -0.1) is 0 Å². The highest BCUT2D eigenvalue weighted by Gasteiger charge is 2.43. The summed E-state index contributed by atoms with van der Waals surface area (Å²) < 4.78 is 10.1. The maximum absolute atomic E-state index is 9.82. The Bertz CT molecular complexity index is 255. The minimum atomic E-state index is -1.06. The van der Waals surface area contributed by atoms with Gasteiger partial charge in [-0.2, -0.15) is 0 Å². The molecule has 1 rings (SSSR count). The van der Waals surface area contributed by atoms with Crippen LogP contribution < -0.4 is 0 Å². The molecular weight excluding hydrogens is 253 g/mol. The van der Waals surface area contributed by atoms with Crippen LogP contribution >= 0.6 is 0 Å². The van der Waals surface area contributed by atoms with Crippen LogP contribution in [-0.4, -0.2) is 90.7 Å². The highest BCUT2D eigenvalue weighted by molar-refractivity contribution is 6.44. The van der Waals surface area contributed by atoms with Gasteiger partial charge in [0.25, 0.3) is 0 Å². The van der Waals surface area contributed by atoms with Crippen molar-refractivity contribution in [3.05, 3.63) is 0 Å². The molecule has 0 radical (unpaired) electrons. The largest absolute Gasteiger partial charge is 0.456 e. The minimum Gasteiger partial charge on any atom is -0.414 e. The second-order valence-corrected chi connectivity index (χ2v) is 4.84. The van der Waals surface area contributed by atoms with Crippen molar-refractivity contribution in [2.24, 2.45) is 0 Å². The quantitative estimate of drug-likeness (QED) is 0.377. The van der Waals surface area contributed by atoms with Crippen molar-refractivity contribution < 1.29 is 29.7 Å². The lowest BCUT2D eigenvalue weighted by Crippen LogP contribution is -2.47. The number of likely N-dealkylation sites (tertiary alicyclic amines) is 1. The summed E-state index contributed by atoms with van der Waals surface area (Å²) in [6, 6.07) is -0.636. The Morgan fingerprint density at radius 3 is 2.47 bits per heavy atom. The molecule has 0 amide bonds. The van der Waals surface area contributed by atoms with Gasteiger partial charge in [-0.1, -0.05) is 0 Å². The molecule has 4 N–H and O–H groups in total. The lowest BCUT2D eigenvalue weighted by Gasteiger charge is -2.29. The first-order valence-electron chi connectivity index (χ1n) is 6.49. The van der Waals surface area contributed by atoms with Crippen LogP contribution in [0.1, 0.15) is 6.42 Å². The summed E-state index contributed by atoms with van der Waals surface area (Å²) in [5.74, 6) is 0. The average molecular weight is 277 g/mol. The summed E-state index contributed by atoms with van der Waals surface area (Å²) in [4.78, 5) is 1.79. The second-order valence-electron chi connectivity index (χ2n) is 4.84. The summed E-state index contributed by atoms with van der Waals surface area (Å²) in [6.07, 6.45) is -1.58. The molecule has 4 atom stereocenters. The Morgan fingerprint density at radius 2 is 1.95 bits per heavy atom. The predicted octanol–water partition coefficient (Wildman–Crippen LogP) is -2.08. The zero-order chi connectivity index (χ0) is 14.4. The molecule has 1 aliphatic heterocycles. The molecule has 19 heavy (non-hydrogen) atoms. The van der Waals surface area contributed by atoms with Crippen molar-refractivity contribution >= 4 is 7.12 Å². The van der Waals surface area contributed by atoms with Gasteiger partial charge in [-0.3, -0.25) is 4.90 Å². The highest BCUT2D eigenvalue weighted by Crippen LogP contribution is 2.22. The van der Waals surface area contributed by atoms with E-state index < -0.39 is 31.0 Å². The van der Waals surface area contributed by atoms with Gasteiger partial charge in [0.15, 0.2) is 0 Å². The second kappa shape index (κ2) is 8.16. The predicted molar refractivity (Wildman–Crippen MR) is 69.7 cm³/mol. The van der Waals surface area contributed by atoms with Crippen LogP contribution in [0, 0.1) is 0 Å². The SMILES string of the molecule is COB(CCCN1C[C@@H](O)[C@@H](O)[C@@H]1[C@H](O)CO)OC. The van der Waals surface area contributed by atoms with E-state index in [0.717, 1.165) is 6.42 Å². The van der Waals surface area contributed by atoms with E-state index in [9.17, 15) is 15.3 Å². The van der Waals surface area contributed by atoms with Crippen molar-refractivity contribution in [2.45, 2.75) is 37.1 Å². The number of nitrogens with zero attached hydrogens (tertiary/aromatic N) is 1. The zero-order valence-corrected chi connectivity index (χ0v) is 11.5. The Morgan fingerprint density at radius 1 is 1.32 bits per heavy atom. The van der Waals surface area contributed by atoms with Gasteiger partial charge in [0.05, 0.1) is 31.0 Å². The van der Waals surface area contributed by atoms with Crippen LogP contribution in [0.15, 0.2) is 0 Å². The molecule has 0 bridgehead atoms. The number of β-amino-alcohol motifs (C(OH)–C–C–N with tert-alkyl or cyclic N) is 1. The highest BCUT2D eigenvalue weighted by atomic mass is 16.6. The monoisotopic (exact) mass is 277 g/mol. The first-order chi connectivity index (χ1) is 9.04. The van der Waals surface area contributed by atoms with Crippen LogP contribution in [0.25, 0.3) is 0 Å². The fraction of sp³-hybridized carbons (Fsp3) is 1.00. The topological polar surface area (TPSA) is 103 Å². The van der Waals surface area contributed by atoms with E-state index in [1.54, 1.807) is 19.1 Å². The van der Waals surface area contributed by atoms with Gasteiger partial charge >= 0.3 is 7.12 Å². The van der Waals surface area contributed by atoms with Crippen LogP contribution in [0.3, 0.4) is 0 Å². The Balaban J connectivity index is 2.46. The molecule has 7 nitrogen and oxygen atoms in total. The number of aliphatic hydroxyl groups excluding tert-OH is 4. The van der Waals surface area contributed by atoms with E-state index in [-0.39, 0.29) is 13.7 Å². The molecule has 1 fully saturated rings. The summed E-state index contributed by atoms with van der Waals surface area (Å²) >= 11 is 0. The van der Waals surface area contributed by atoms with Gasteiger partial charge < -0.3 is 29.7 Å². The fourth-order valence-electron chi connectivity index (χ4n) is 2.53. The molecule has 1 aliphatic rings. The van der Waals surface area contributed by atoms with E-state index in [2.05, 4.69) is 0 Å². The van der Waals surface area contributed by atoms with Crippen LogP contribution in [0.2, 0.25) is 6.32 Å². The first-order valence-corrected chi connectivity index (χ1v) is 6.49. The van der Waals surface area contributed by atoms with E-state index in [1.807, 2.05) is 0 Å². The molecule has 0 aromatic heterocycles. The molecule has 0 saturated carbocycles. The molecule has 0 aliphatic carbocycles. The summed E-state index contributed by atoms with van der Waals surface area (Å²) in [5, 5.41) is 38.2. The lowest BCUT2D eigenvalue weighted by molar-refractivity contribution is -0.0302. The molecule has 1 saturated heterocycles. The fourth-order valence-corrected chi connectivity index (χ4v) is 2.53. The van der Waals surface area contributed by atoms with Crippen molar-refractivity contribution in [1.82, 2.24) is 4.90 Å². The number of rotatable bonds is 8. The third-order valence-electron chi connectivity index (χ3n) is 3.58. The molecule has 0 aromatic rings. The van der Waals surface area contributed by atoms with E-state index in [4.69, 9.17) is 14.4 Å². The standard InChI is InChI=1S/C11H24BNO6/c1-18-12(19-2)4-3-5-13-6-8(15)11(17)10(13)9(16)7-14/h8-11,14-17H,3-7H2,1-2H3/t8-,9-,10+,11-/m1/s1. The number of hydrogen-bond donors (Lipinski definition) is 4. The molecule has 0 unspecified atom stereocenters. The maximum atomic E-state index is 9.82. The van der Waals surface area contributed by atoms with Gasteiger partial charge in [-0.25, -0.2) is 0 Å². The molecule has 0 aromatic carbocycles. The van der Waals surface area contributed by atoms with Gasteiger partial charge in [0.1, 0.15) is 0 Å². The maximum Gasteiger partial charge on any atom is 0.456 e. The van der Waals surface area contributed by atoms with Crippen molar-refractivity contribution in [1.29, 1.82) is 0 Å². The van der Waals surface area contributed by atoms with Crippen molar-refractivity contribution in [2.75, 3.05) is 33.9 Å². The van der Waals surface area contributed by atoms with Crippen LogP contribution in [-0.2, 0) is 9.31 Å². The van der Waals surface area contributed by atoms with E-state index in [1.165, 1.54) is 0 Å². The number of hydrogen-bond acceptors (Lipinski definition) is 7. The minimum absolute atomic E-state index is 0.279. The Labute approximate surface area is 113 Å². The van der Waals surface area contributed by atoms with Crippen LogP contribution in [0.5, 0.6) is 0 Å². The average Bonchev–Trinajstić information content (AvgIpc) is 2.69. The molecule has 112 valence electrons. The summed E-state index contributed by atoms with van der Waals surface area (Å²) in [6.45, 7) is 0.427. The molecule has 1 heterocycles. The Hall–Kier alpha value is -0.215. The van der Waals surface area contributed by atoms with Crippen molar-refractivity contribution in [3.8, 4) is 0 Å². The molecule has 0 spiro atoms. The zero-order valence-electron chi connectivity index (χ0n) is 11.5. The van der Waals surface area contributed by atoms with Gasteiger partial charge in [0.2, 0.25) is 0 Å². The molecular formula is C11H24BNO6. The van der Waals surface area contributed by atoms with Crippen molar-refractivity contribution in [3.63, 3.8) is 0 Å². The normalized spacial score (nSPS) is 29.7. The molecule has 8 heteroatoms. The van der Waals surface area contributed by atoms with Crippen LogP contribution in [0.4, 0.5) is 0 Å². The third kappa shape index (κ3) is 4.39. The van der Waals surface area contributed by atoms with E-state index in [0.29, 0.717) is 12.9 Å².